The van der Waals surface area contributed by atoms with E-state index in [0.29, 0.717) is 19.6 Å². The van der Waals surface area contributed by atoms with Gasteiger partial charge in [0.25, 0.3) is 5.91 Å². The van der Waals surface area contributed by atoms with Crippen LogP contribution in [0.1, 0.15) is 59.1 Å². The Balaban J connectivity index is 1.37. The first kappa shape index (κ1) is 19.9. The smallest absolute Gasteiger partial charge is 0.256 e. The Bertz CT molecular complexity index is 913. The molecule has 0 bridgehead atoms. The standard InChI is InChI=1S/C21H23F2N3O2S/c22-15-6-7-17(18(23)9-15)21(28)26-8-2-5-14(11-26)20-25-16(12-29-20)10-24-19(27)13-3-1-4-13/h6-7,9,12-14H,1-5,8,10-11H2,(H,24,27)/t14-/m1/s1. The molecule has 0 unspecified atom stereocenters. The summed E-state index contributed by atoms with van der Waals surface area (Å²) < 4.78 is 27.1. The van der Waals surface area contributed by atoms with Gasteiger partial charge in [0.1, 0.15) is 11.6 Å². The molecule has 1 saturated carbocycles. The number of carbonyl (C=O) groups is 2. The van der Waals surface area contributed by atoms with Crippen LogP contribution >= 0.6 is 11.3 Å². The zero-order chi connectivity index (χ0) is 20.4. The second-order valence-corrected chi connectivity index (χ2v) is 8.63. The van der Waals surface area contributed by atoms with E-state index in [1.165, 1.54) is 17.4 Å². The first-order valence-electron chi connectivity index (χ1n) is 9.97. The quantitative estimate of drug-likeness (QED) is 0.801. The van der Waals surface area contributed by atoms with Gasteiger partial charge in [-0.2, -0.15) is 0 Å². The zero-order valence-electron chi connectivity index (χ0n) is 16.0. The fourth-order valence-electron chi connectivity index (χ4n) is 3.78. The molecule has 154 valence electrons. The second kappa shape index (κ2) is 8.57. The van der Waals surface area contributed by atoms with Gasteiger partial charge in [0.05, 0.1) is 22.8 Å². The molecule has 2 amide bonds. The first-order chi connectivity index (χ1) is 14.0. The van der Waals surface area contributed by atoms with Crippen LogP contribution in [0.5, 0.6) is 0 Å². The maximum absolute atomic E-state index is 14.0. The van der Waals surface area contributed by atoms with Crippen LogP contribution in [-0.4, -0.2) is 34.8 Å². The number of nitrogens with one attached hydrogen (secondary N) is 1. The SMILES string of the molecule is O=C(NCc1csc([C@@H]2CCCN(C(=O)c3ccc(F)cc3F)C2)n1)C1CCC1. The fraction of sp³-hybridized carbons (Fsp3) is 0.476. The number of benzene rings is 1. The Morgan fingerprint density at radius 1 is 1.21 bits per heavy atom. The van der Waals surface area contributed by atoms with E-state index < -0.39 is 17.5 Å². The molecule has 2 aromatic rings. The van der Waals surface area contributed by atoms with Gasteiger partial charge in [0.2, 0.25) is 5.91 Å². The summed E-state index contributed by atoms with van der Waals surface area (Å²) in [7, 11) is 0. The number of likely N-dealkylation sites (tertiary alicyclic amines) is 1. The number of carbonyl (C=O) groups excluding carboxylic acids is 2. The predicted molar refractivity (Wildman–Crippen MR) is 106 cm³/mol. The molecule has 2 fully saturated rings. The van der Waals surface area contributed by atoms with E-state index >= 15 is 0 Å². The van der Waals surface area contributed by atoms with Crippen LogP contribution in [0.2, 0.25) is 0 Å². The molecule has 4 rings (SSSR count). The minimum atomic E-state index is -0.837. The molecule has 1 N–H and O–H groups in total. The van der Waals surface area contributed by atoms with Crippen molar-refractivity contribution in [1.82, 2.24) is 15.2 Å². The lowest BCUT2D eigenvalue weighted by atomic mass is 9.85. The summed E-state index contributed by atoms with van der Waals surface area (Å²) in [4.78, 5) is 30.9. The summed E-state index contributed by atoms with van der Waals surface area (Å²) in [5.41, 5.74) is 0.719. The van der Waals surface area contributed by atoms with Crippen LogP contribution in [0, 0.1) is 17.6 Å². The summed E-state index contributed by atoms with van der Waals surface area (Å²) in [6.07, 6.45) is 4.75. The van der Waals surface area contributed by atoms with Crippen molar-refractivity contribution in [1.29, 1.82) is 0 Å². The summed E-state index contributed by atoms with van der Waals surface area (Å²) >= 11 is 1.53. The third-order valence-electron chi connectivity index (χ3n) is 5.71. The molecule has 1 aromatic heterocycles. The molecule has 5 nitrogen and oxygen atoms in total. The van der Waals surface area contributed by atoms with Crippen LogP contribution in [0.4, 0.5) is 8.78 Å². The summed E-state index contributed by atoms with van der Waals surface area (Å²) in [6, 6.07) is 3.03. The number of thiazole rings is 1. The Morgan fingerprint density at radius 2 is 2.03 bits per heavy atom. The van der Waals surface area contributed by atoms with Crippen LogP contribution in [0.3, 0.4) is 0 Å². The van der Waals surface area contributed by atoms with E-state index in [4.69, 9.17) is 0 Å². The van der Waals surface area contributed by atoms with Gasteiger partial charge in [-0.15, -0.1) is 11.3 Å². The highest BCUT2D eigenvalue weighted by molar-refractivity contribution is 7.09. The van der Waals surface area contributed by atoms with Crippen molar-refractivity contribution < 1.29 is 18.4 Å². The van der Waals surface area contributed by atoms with Gasteiger partial charge >= 0.3 is 0 Å². The Kier molecular flexibility index (Phi) is 5.89. The molecule has 1 aromatic carbocycles. The van der Waals surface area contributed by atoms with Gasteiger partial charge in [-0.05, 0) is 37.8 Å². The van der Waals surface area contributed by atoms with Gasteiger partial charge < -0.3 is 10.2 Å². The van der Waals surface area contributed by atoms with Crippen LogP contribution in [0.25, 0.3) is 0 Å². The van der Waals surface area contributed by atoms with Crippen molar-refractivity contribution in [3.05, 3.63) is 51.5 Å². The van der Waals surface area contributed by atoms with E-state index in [1.54, 1.807) is 4.90 Å². The van der Waals surface area contributed by atoms with Gasteiger partial charge in [0.15, 0.2) is 0 Å². The molecule has 0 radical (unpaired) electrons. The maximum atomic E-state index is 14.0. The average Bonchev–Trinajstić information content (AvgIpc) is 3.14. The van der Waals surface area contributed by atoms with Crippen molar-refractivity contribution in [2.24, 2.45) is 5.92 Å². The maximum Gasteiger partial charge on any atom is 0.256 e. The average molecular weight is 419 g/mol. The molecule has 2 aliphatic rings. The first-order valence-corrected chi connectivity index (χ1v) is 10.9. The Labute approximate surface area is 172 Å². The normalized spacial score (nSPS) is 19.7. The van der Waals surface area contributed by atoms with E-state index in [2.05, 4.69) is 10.3 Å². The molecular weight excluding hydrogens is 396 g/mol. The highest BCUT2D eigenvalue weighted by atomic mass is 32.1. The monoisotopic (exact) mass is 419 g/mol. The van der Waals surface area contributed by atoms with Crippen LogP contribution < -0.4 is 5.32 Å². The van der Waals surface area contributed by atoms with Gasteiger partial charge in [-0.25, -0.2) is 13.8 Å². The van der Waals surface area contributed by atoms with Crippen molar-refractivity contribution in [3.8, 4) is 0 Å². The number of aromatic nitrogens is 1. The molecule has 0 spiro atoms. The number of halogens is 2. The molecule has 1 saturated heterocycles. The minimum Gasteiger partial charge on any atom is -0.350 e. The number of hydrogen-bond acceptors (Lipinski definition) is 4. The molecule has 29 heavy (non-hydrogen) atoms. The van der Waals surface area contributed by atoms with E-state index in [9.17, 15) is 18.4 Å². The lowest BCUT2D eigenvalue weighted by Gasteiger charge is -2.32. The largest absolute Gasteiger partial charge is 0.350 e. The third kappa shape index (κ3) is 4.47. The number of amides is 2. The van der Waals surface area contributed by atoms with Gasteiger partial charge in [-0.1, -0.05) is 6.42 Å². The molecule has 1 aliphatic heterocycles. The van der Waals surface area contributed by atoms with Crippen LogP contribution in [-0.2, 0) is 11.3 Å². The summed E-state index contributed by atoms with van der Waals surface area (Å²) in [6.45, 7) is 1.42. The summed E-state index contributed by atoms with van der Waals surface area (Å²) in [5, 5.41) is 5.81. The highest BCUT2D eigenvalue weighted by Crippen LogP contribution is 2.30. The van der Waals surface area contributed by atoms with Crippen LogP contribution in [0.15, 0.2) is 23.6 Å². The van der Waals surface area contributed by atoms with E-state index in [0.717, 1.165) is 54.9 Å². The number of rotatable bonds is 5. The molecule has 8 heteroatoms. The van der Waals surface area contributed by atoms with Crippen molar-refractivity contribution in [3.63, 3.8) is 0 Å². The Morgan fingerprint density at radius 3 is 2.76 bits per heavy atom. The molecule has 1 atom stereocenters. The predicted octanol–water partition coefficient (Wildman–Crippen LogP) is 3.86. The third-order valence-corrected chi connectivity index (χ3v) is 6.76. The second-order valence-electron chi connectivity index (χ2n) is 7.74. The number of nitrogens with zero attached hydrogens (tertiary/aromatic N) is 2. The number of hydrogen-bond donors (Lipinski definition) is 1. The van der Waals surface area contributed by atoms with Crippen molar-refractivity contribution >= 4 is 23.2 Å². The van der Waals surface area contributed by atoms with E-state index in [1.807, 2.05) is 5.38 Å². The molecule has 2 heterocycles. The number of piperidine rings is 1. The van der Waals surface area contributed by atoms with Gasteiger partial charge in [0, 0.05) is 36.4 Å². The van der Waals surface area contributed by atoms with Gasteiger partial charge in [-0.3, -0.25) is 9.59 Å². The fourth-order valence-corrected chi connectivity index (χ4v) is 4.73. The Hall–Kier alpha value is -2.35. The lowest BCUT2D eigenvalue weighted by Crippen LogP contribution is -2.39. The highest BCUT2D eigenvalue weighted by Gasteiger charge is 2.29. The molecule has 1 aliphatic carbocycles. The topological polar surface area (TPSA) is 62.3 Å². The summed E-state index contributed by atoms with van der Waals surface area (Å²) in [5.74, 6) is -1.63. The van der Waals surface area contributed by atoms with Crippen molar-refractivity contribution in [2.75, 3.05) is 13.1 Å². The zero-order valence-corrected chi connectivity index (χ0v) is 16.8. The van der Waals surface area contributed by atoms with Crippen molar-refractivity contribution in [2.45, 2.75) is 44.6 Å². The van der Waals surface area contributed by atoms with E-state index in [-0.39, 0.29) is 23.3 Å². The molecular formula is C21H23F2N3O2S. The minimum absolute atomic E-state index is 0.0808. The lowest BCUT2D eigenvalue weighted by molar-refractivity contribution is -0.127.